The normalized spacial score (nSPS) is 23.4. The van der Waals surface area contributed by atoms with Crippen molar-refractivity contribution >= 4 is 5.91 Å². The van der Waals surface area contributed by atoms with Crippen molar-refractivity contribution in [1.29, 1.82) is 0 Å². The van der Waals surface area contributed by atoms with E-state index in [1.54, 1.807) is 0 Å². The summed E-state index contributed by atoms with van der Waals surface area (Å²) in [6, 6.07) is 0. The van der Waals surface area contributed by atoms with Gasteiger partial charge in [0, 0.05) is 13.1 Å². The van der Waals surface area contributed by atoms with Gasteiger partial charge in [0.1, 0.15) is 0 Å². The van der Waals surface area contributed by atoms with Gasteiger partial charge in [-0.2, -0.15) is 0 Å². The molecule has 0 bridgehead atoms. The van der Waals surface area contributed by atoms with Crippen LogP contribution in [-0.4, -0.2) is 23.9 Å². The van der Waals surface area contributed by atoms with Gasteiger partial charge in [-0.15, -0.1) is 0 Å². The summed E-state index contributed by atoms with van der Waals surface area (Å²) in [5.74, 6) is 1.44. The molecule has 0 aromatic carbocycles. The highest BCUT2D eigenvalue weighted by Crippen LogP contribution is 2.23. The Morgan fingerprint density at radius 1 is 1.50 bits per heavy atom. The zero-order valence-corrected chi connectivity index (χ0v) is 9.33. The fourth-order valence-electron chi connectivity index (χ4n) is 2.05. The van der Waals surface area contributed by atoms with Crippen LogP contribution in [0.5, 0.6) is 0 Å². The molecule has 0 aliphatic carbocycles. The Morgan fingerprint density at radius 2 is 2.21 bits per heavy atom. The lowest BCUT2D eigenvalue weighted by atomic mass is 9.91. The monoisotopic (exact) mass is 195 g/mol. The van der Waals surface area contributed by atoms with Crippen molar-refractivity contribution in [2.75, 3.05) is 13.1 Å². The molecule has 0 aromatic heterocycles. The third-order valence-corrected chi connectivity index (χ3v) is 3.14. The average molecular weight is 195 g/mol. The second-order valence-corrected chi connectivity index (χ2v) is 4.49. The van der Waals surface area contributed by atoms with Crippen molar-refractivity contribution < 1.29 is 4.79 Å². The molecule has 1 amide bonds. The van der Waals surface area contributed by atoms with E-state index in [4.69, 9.17) is 0 Å². The van der Waals surface area contributed by atoms with Gasteiger partial charge in [0.25, 0.3) is 0 Å². The lowest BCUT2D eigenvalue weighted by molar-refractivity contribution is -0.126. The first kappa shape index (κ1) is 11.3. The van der Waals surface area contributed by atoms with Crippen molar-refractivity contribution in [2.24, 2.45) is 11.8 Å². The van der Waals surface area contributed by atoms with E-state index < -0.39 is 0 Å². The maximum absolute atomic E-state index is 11.5. The minimum atomic E-state index is 0.0950. The molecule has 14 heavy (non-hydrogen) atoms. The van der Waals surface area contributed by atoms with Crippen LogP contribution in [0.3, 0.4) is 0 Å². The first-order chi connectivity index (χ1) is 6.65. The number of nitrogens with zero attached hydrogens (tertiary/aromatic N) is 1. The van der Waals surface area contributed by atoms with Crippen molar-refractivity contribution in [3.8, 4) is 0 Å². The van der Waals surface area contributed by atoms with Gasteiger partial charge in [-0.25, -0.2) is 0 Å². The molecule has 0 spiro atoms. The Morgan fingerprint density at radius 3 is 2.79 bits per heavy atom. The quantitative estimate of drug-likeness (QED) is 0.620. The highest BCUT2D eigenvalue weighted by molar-refractivity contribution is 5.87. The summed E-state index contributed by atoms with van der Waals surface area (Å²) in [4.78, 5) is 13.4. The van der Waals surface area contributed by atoms with Crippen LogP contribution in [0.25, 0.3) is 0 Å². The van der Waals surface area contributed by atoms with Crippen LogP contribution in [0, 0.1) is 11.8 Å². The fourth-order valence-corrected chi connectivity index (χ4v) is 2.05. The molecular weight excluding hydrogens is 174 g/mol. The van der Waals surface area contributed by atoms with E-state index in [1.807, 2.05) is 4.90 Å². The summed E-state index contributed by atoms with van der Waals surface area (Å²) in [7, 11) is 0. The number of carbonyl (C=O) groups excluding carboxylic acids is 1. The Bertz CT molecular complexity index is 210. The van der Waals surface area contributed by atoms with Crippen LogP contribution < -0.4 is 0 Å². The van der Waals surface area contributed by atoms with Crippen molar-refractivity contribution in [1.82, 2.24) is 4.90 Å². The Hall–Kier alpha value is -0.790. The molecule has 1 heterocycles. The Balaban J connectivity index is 2.59. The van der Waals surface area contributed by atoms with E-state index in [0.717, 1.165) is 19.5 Å². The summed E-state index contributed by atoms with van der Waals surface area (Å²) in [5.41, 5.74) is 0. The second-order valence-electron chi connectivity index (χ2n) is 4.49. The molecule has 0 radical (unpaired) electrons. The first-order valence-corrected chi connectivity index (χ1v) is 5.56. The van der Waals surface area contributed by atoms with E-state index in [2.05, 4.69) is 20.4 Å². The average Bonchev–Trinajstić information content (AvgIpc) is 2.41. The molecule has 1 rings (SSSR count). The lowest BCUT2D eigenvalue weighted by Gasteiger charge is -2.25. The molecule has 1 aliphatic rings. The molecule has 2 heteroatoms. The number of carbonyl (C=O) groups is 1. The number of likely N-dealkylation sites (tertiary alicyclic amines) is 1. The minimum Gasteiger partial charge on any atom is -0.339 e. The van der Waals surface area contributed by atoms with Gasteiger partial charge in [-0.1, -0.05) is 26.8 Å². The highest BCUT2D eigenvalue weighted by atomic mass is 16.2. The number of hydrogen-bond acceptors (Lipinski definition) is 1. The van der Waals surface area contributed by atoms with Crippen LogP contribution in [0.15, 0.2) is 12.7 Å². The number of hydrogen-bond donors (Lipinski definition) is 0. The van der Waals surface area contributed by atoms with E-state index in [9.17, 15) is 4.79 Å². The highest BCUT2D eigenvalue weighted by Gasteiger charge is 2.22. The molecule has 1 aliphatic heterocycles. The van der Waals surface area contributed by atoms with Gasteiger partial charge in [-0.05, 0) is 30.8 Å². The van der Waals surface area contributed by atoms with Crippen molar-refractivity contribution in [3.63, 3.8) is 0 Å². The standard InChI is InChI=1S/C12H21NO/c1-4-12(14)13-8-6-5-7-11(9-13)10(2)3/h4,10-11H,1,5-9H2,2-3H3/t11-/m0/s1. The summed E-state index contributed by atoms with van der Waals surface area (Å²) >= 11 is 0. The molecular formula is C12H21NO. The van der Waals surface area contributed by atoms with E-state index in [1.165, 1.54) is 18.9 Å². The summed E-state index contributed by atoms with van der Waals surface area (Å²) in [6.45, 7) is 9.86. The molecule has 0 saturated carbocycles. The van der Waals surface area contributed by atoms with Crippen LogP contribution >= 0.6 is 0 Å². The van der Waals surface area contributed by atoms with E-state index >= 15 is 0 Å². The Kier molecular flexibility index (Phi) is 4.18. The smallest absolute Gasteiger partial charge is 0.245 e. The van der Waals surface area contributed by atoms with Gasteiger partial charge < -0.3 is 4.90 Å². The topological polar surface area (TPSA) is 20.3 Å². The summed E-state index contributed by atoms with van der Waals surface area (Å²) < 4.78 is 0. The molecule has 1 saturated heterocycles. The third-order valence-electron chi connectivity index (χ3n) is 3.14. The predicted molar refractivity (Wildman–Crippen MR) is 59.0 cm³/mol. The Labute approximate surface area is 87.0 Å². The first-order valence-electron chi connectivity index (χ1n) is 5.56. The number of amides is 1. The molecule has 80 valence electrons. The lowest BCUT2D eigenvalue weighted by Crippen LogP contribution is -2.34. The maximum Gasteiger partial charge on any atom is 0.245 e. The van der Waals surface area contributed by atoms with E-state index in [-0.39, 0.29) is 5.91 Å². The zero-order chi connectivity index (χ0) is 10.6. The van der Waals surface area contributed by atoms with Crippen molar-refractivity contribution in [2.45, 2.75) is 33.1 Å². The third kappa shape index (κ3) is 2.86. The minimum absolute atomic E-state index is 0.0950. The van der Waals surface area contributed by atoms with Gasteiger partial charge in [-0.3, -0.25) is 4.79 Å². The van der Waals surface area contributed by atoms with Crippen LogP contribution in [0.2, 0.25) is 0 Å². The van der Waals surface area contributed by atoms with Crippen LogP contribution in [-0.2, 0) is 4.79 Å². The second kappa shape index (κ2) is 5.18. The van der Waals surface area contributed by atoms with Crippen molar-refractivity contribution in [3.05, 3.63) is 12.7 Å². The SMILES string of the molecule is C=CC(=O)N1CCCC[C@H](C(C)C)C1. The summed E-state index contributed by atoms with van der Waals surface area (Å²) in [6.07, 6.45) is 5.09. The molecule has 0 N–H and O–H groups in total. The molecule has 0 unspecified atom stereocenters. The summed E-state index contributed by atoms with van der Waals surface area (Å²) in [5, 5.41) is 0. The molecule has 0 aromatic rings. The number of rotatable bonds is 2. The molecule has 1 atom stereocenters. The molecule has 2 nitrogen and oxygen atoms in total. The largest absolute Gasteiger partial charge is 0.339 e. The predicted octanol–water partition coefficient (Wildman–Crippen LogP) is 2.46. The van der Waals surface area contributed by atoms with E-state index in [0.29, 0.717) is 11.8 Å². The van der Waals surface area contributed by atoms with Crippen LogP contribution in [0.1, 0.15) is 33.1 Å². The van der Waals surface area contributed by atoms with Gasteiger partial charge >= 0.3 is 0 Å². The maximum atomic E-state index is 11.5. The van der Waals surface area contributed by atoms with Gasteiger partial charge in [0.15, 0.2) is 0 Å². The fraction of sp³-hybridized carbons (Fsp3) is 0.750. The molecule has 1 fully saturated rings. The van der Waals surface area contributed by atoms with Crippen LogP contribution in [0.4, 0.5) is 0 Å². The van der Waals surface area contributed by atoms with Gasteiger partial charge in [0.2, 0.25) is 5.91 Å². The zero-order valence-electron chi connectivity index (χ0n) is 9.33. The van der Waals surface area contributed by atoms with Gasteiger partial charge in [0.05, 0.1) is 0 Å².